The van der Waals surface area contributed by atoms with Crippen LogP contribution in [0.25, 0.3) is 5.52 Å². The second-order valence-corrected chi connectivity index (χ2v) is 6.59. The Morgan fingerprint density at radius 3 is 3.05 bits per heavy atom. The van der Waals surface area contributed by atoms with Crippen LogP contribution in [0.15, 0.2) is 30.6 Å². The summed E-state index contributed by atoms with van der Waals surface area (Å²) in [6.07, 6.45) is 6.40. The number of hydrogen-bond acceptors (Lipinski definition) is 2. The first-order valence-corrected chi connectivity index (χ1v) is 7.79. The number of hydrogen-bond donors (Lipinski definition) is 1. The number of amides is 1. The van der Waals surface area contributed by atoms with Crippen molar-refractivity contribution in [3.63, 3.8) is 0 Å². The average molecular weight is 283 g/mol. The molecule has 110 valence electrons. The molecule has 21 heavy (non-hydrogen) atoms. The summed E-state index contributed by atoms with van der Waals surface area (Å²) in [6, 6.07) is 6.35. The van der Waals surface area contributed by atoms with E-state index < -0.39 is 0 Å². The summed E-state index contributed by atoms with van der Waals surface area (Å²) in [4.78, 5) is 14.9. The highest BCUT2D eigenvalue weighted by Crippen LogP contribution is 2.26. The van der Waals surface area contributed by atoms with Crippen LogP contribution >= 0.6 is 0 Å². The van der Waals surface area contributed by atoms with Crippen LogP contribution in [0.2, 0.25) is 0 Å². The van der Waals surface area contributed by atoms with E-state index in [1.165, 1.54) is 25.1 Å². The number of carbonyl (C=O) groups is 1. The molecule has 3 atom stereocenters. The molecule has 0 radical (unpaired) electrons. The van der Waals surface area contributed by atoms with Crippen LogP contribution in [-0.4, -0.2) is 40.9 Å². The van der Waals surface area contributed by atoms with Crippen molar-refractivity contribution >= 4 is 11.4 Å². The number of carbonyl (C=O) groups excluding carboxylic acids is 1. The Balaban J connectivity index is 1.50. The molecule has 2 aliphatic rings. The molecule has 4 nitrogen and oxygen atoms in total. The van der Waals surface area contributed by atoms with Crippen molar-refractivity contribution in [3.8, 4) is 0 Å². The number of piperidine rings is 1. The molecule has 4 heteroatoms. The van der Waals surface area contributed by atoms with Gasteiger partial charge in [0.2, 0.25) is 0 Å². The summed E-state index contributed by atoms with van der Waals surface area (Å²) in [5.74, 6) is 0.828. The maximum absolute atomic E-state index is 12.5. The maximum atomic E-state index is 12.5. The monoisotopic (exact) mass is 283 g/mol. The van der Waals surface area contributed by atoms with Crippen molar-refractivity contribution in [2.24, 2.45) is 5.92 Å². The standard InChI is InChI=1S/C17H21N3O/c1-12-6-16-3-2-14(10-20(16)8-12)17(21)18-15-7-13-4-5-19(9-13)11-15/h2-3,6,8,10,13,15H,4-5,7,9,11H2,1H3,(H,18,21)/t13-,15+/m0/s1. The summed E-state index contributed by atoms with van der Waals surface area (Å²) in [5.41, 5.74) is 3.08. The number of nitrogens with one attached hydrogen (secondary N) is 1. The molecular weight excluding hydrogens is 262 g/mol. The zero-order valence-corrected chi connectivity index (χ0v) is 12.4. The van der Waals surface area contributed by atoms with Crippen molar-refractivity contribution in [2.45, 2.75) is 25.8 Å². The minimum Gasteiger partial charge on any atom is -0.348 e. The quantitative estimate of drug-likeness (QED) is 0.916. The largest absolute Gasteiger partial charge is 0.348 e. The third-order valence-electron chi connectivity index (χ3n) is 4.79. The van der Waals surface area contributed by atoms with Crippen molar-refractivity contribution in [1.29, 1.82) is 0 Å². The highest BCUT2D eigenvalue weighted by Gasteiger charge is 2.32. The van der Waals surface area contributed by atoms with Gasteiger partial charge in [0, 0.05) is 37.0 Å². The minimum atomic E-state index is 0.0516. The smallest absolute Gasteiger partial charge is 0.253 e. The van der Waals surface area contributed by atoms with Crippen LogP contribution in [0.4, 0.5) is 0 Å². The summed E-state index contributed by atoms with van der Waals surface area (Å²) in [6.45, 7) is 5.50. The molecule has 2 aromatic heterocycles. The van der Waals surface area contributed by atoms with Crippen molar-refractivity contribution in [3.05, 3.63) is 41.7 Å². The Morgan fingerprint density at radius 1 is 1.29 bits per heavy atom. The zero-order chi connectivity index (χ0) is 14.4. The van der Waals surface area contributed by atoms with Gasteiger partial charge in [-0.3, -0.25) is 4.79 Å². The van der Waals surface area contributed by atoms with E-state index in [0.29, 0.717) is 6.04 Å². The molecule has 4 rings (SSSR count). The summed E-state index contributed by atoms with van der Waals surface area (Å²) < 4.78 is 2.03. The van der Waals surface area contributed by atoms with Crippen molar-refractivity contribution in [1.82, 2.24) is 14.6 Å². The summed E-state index contributed by atoms with van der Waals surface area (Å²) in [7, 11) is 0. The van der Waals surface area contributed by atoms with Gasteiger partial charge in [-0.15, -0.1) is 0 Å². The van der Waals surface area contributed by atoms with Crippen LogP contribution in [-0.2, 0) is 0 Å². The van der Waals surface area contributed by atoms with Gasteiger partial charge < -0.3 is 14.6 Å². The van der Waals surface area contributed by atoms with Gasteiger partial charge >= 0.3 is 0 Å². The van der Waals surface area contributed by atoms with E-state index in [1.807, 2.05) is 22.7 Å². The van der Waals surface area contributed by atoms with E-state index in [0.717, 1.165) is 30.0 Å². The molecule has 2 saturated heterocycles. The molecule has 1 N–H and O–H groups in total. The lowest BCUT2D eigenvalue weighted by molar-refractivity contribution is 0.0909. The third-order valence-corrected chi connectivity index (χ3v) is 4.79. The molecule has 2 bridgehead atoms. The molecule has 0 aromatic carbocycles. The van der Waals surface area contributed by atoms with Gasteiger partial charge in [0.15, 0.2) is 0 Å². The van der Waals surface area contributed by atoms with Gasteiger partial charge in [0.25, 0.3) is 5.91 Å². The molecule has 4 heterocycles. The number of fused-ring (bicyclic) bond motifs is 3. The molecule has 0 aliphatic carbocycles. The fourth-order valence-corrected chi connectivity index (χ4v) is 3.82. The first kappa shape index (κ1) is 12.9. The Hall–Kier alpha value is -1.81. The predicted octanol–water partition coefficient (Wildman–Crippen LogP) is 2.07. The fourth-order valence-electron chi connectivity index (χ4n) is 3.82. The molecule has 2 aliphatic heterocycles. The van der Waals surface area contributed by atoms with Gasteiger partial charge in [-0.25, -0.2) is 0 Å². The van der Waals surface area contributed by atoms with Gasteiger partial charge in [-0.05, 0) is 56.0 Å². The number of aromatic nitrogens is 1. The van der Waals surface area contributed by atoms with E-state index in [4.69, 9.17) is 0 Å². The van der Waals surface area contributed by atoms with E-state index in [1.54, 1.807) is 0 Å². The number of aryl methyl sites for hydroxylation is 1. The van der Waals surface area contributed by atoms with Crippen molar-refractivity contribution in [2.75, 3.05) is 19.6 Å². The fraction of sp³-hybridized carbons (Fsp3) is 0.471. The lowest BCUT2D eigenvalue weighted by atomic mass is 9.96. The predicted molar refractivity (Wildman–Crippen MR) is 82.6 cm³/mol. The normalized spacial score (nSPS) is 28.0. The second kappa shape index (κ2) is 4.88. The molecule has 0 saturated carbocycles. The van der Waals surface area contributed by atoms with Crippen LogP contribution in [0.5, 0.6) is 0 Å². The van der Waals surface area contributed by atoms with E-state index >= 15 is 0 Å². The Morgan fingerprint density at radius 2 is 2.19 bits per heavy atom. The topological polar surface area (TPSA) is 36.8 Å². The van der Waals surface area contributed by atoms with E-state index in [9.17, 15) is 4.79 Å². The molecule has 1 unspecified atom stereocenters. The molecular formula is C17H21N3O. The van der Waals surface area contributed by atoms with Crippen LogP contribution in [0.1, 0.15) is 28.8 Å². The molecule has 2 fully saturated rings. The van der Waals surface area contributed by atoms with Gasteiger partial charge in [-0.1, -0.05) is 0 Å². The second-order valence-electron chi connectivity index (χ2n) is 6.59. The summed E-state index contributed by atoms with van der Waals surface area (Å²) >= 11 is 0. The average Bonchev–Trinajstić information content (AvgIpc) is 2.99. The Labute approximate surface area is 124 Å². The van der Waals surface area contributed by atoms with Gasteiger partial charge in [0.1, 0.15) is 0 Å². The Kier molecular flexibility index (Phi) is 3.00. The van der Waals surface area contributed by atoms with E-state index in [2.05, 4.69) is 29.4 Å². The van der Waals surface area contributed by atoms with Gasteiger partial charge in [0.05, 0.1) is 5.56 Å². The summed E-state index contributed by atoms with van der Waals surface area (Å²) in [5, 5.41) is 3.21. The van der Waals surface area contributed by atoms with Crippen LogP contribution in [0.3, 0.4) is 0 Å². The van der Waals surface area contributed by atoms with Crippen LogP contribution in [0, 0.1) is 12.8 Å². The Bertz CT molecular complexity index is 678. The highest BCUT2D eigenvalue weighted by molar-refractivity contribution is 5.94. The molecule has 1 amide bonds. The molecule has 0 spiro atoms. The van der Waals surface area contributed by atoms with E-state index in [-0.39, 0.29) is 5.91 Å². The number of nitrogens with zero attached hydrogens (tertiary/aromatic N) is 2. The first-order valence-electron chi connectivity index (χ1n) is 7.79. The maximum Gasteiger partial charge on any atom is 0.253 e. The first-order chi connectivity index (χ1) is 10.2. The van der Waals surface area contributed by atoms with Crippen LogP contribution < -0.4 is 5.32 Å². The number of pyridine rings is 1. The SMILES string of the molecule is Cc1cc2ccc(C(=O)N[C@@H]3C[C@@H]4CCN(C4)C3)cn2c1. The van der Waals surface area contributed by atoms with Crippen molar-refractivity contribution < 1.29 is 4.79 Å². The minimum absolute atomic E-state index is 0.0516. The number of rotatable bonds is 2. The lowest BCUT2D eigenvalue weighted by Gasteiger charge is -2.30. The third kappa shape index (κ3) is 2.44. The lowest BCUT2D eigenvalue weighted by Crippen LogP contribution is -2.47. The zero-order valence-electron chi connectivity index (χ0n) is 12.4. The highest BCUT2D eigenvalue weighted by atomic mass is 16.1. The molecule has 2 aromatic rings. The van der Waals surface area contributed by atoms with Gasteiger partial charge in [-0.2, -0.15) is 0 Å².